The molecule has 7 nitrogen and oxygen atoms in total. The van der Waals surface area contributed by atoms with Crippen LogP contribution in [0.5, 0.6) is 0 Å². The van der Waals surface area contributed by atoms with Crippen LogP contribution in [0.4, 0.5) is 48.3 Å². The summed E-state index contributed by atoms with van der Waals surface area (Å²) in [6.07, 6.45) is -8.04. The van der Waals surface area contributed by atoms with Crippen LogP contribution in [-0.2, 0) is 20.1 Å². The fourth-order valence-corrected chi connectivity index (χ4v) is 4.23. The minimum atomic E-state index is -7.85. The zero-order valence-corrected chi connectivity index (χ0v) is 19.3. The maximum Gasteiger partial charge on any atom is 0.460 e. The van der Waals surface area contributed by atoms with Crippen molar-refractivity contribution in [3.63, 3.8) is 0 Å². The summed E-state index contributed by atoms with van der Waals surface area (Å²) < 4.78 is 198. The van der Waals surface area contributed by atoms with Gasteiger partial charge in [-0.05, 0) is 0 Å². The lowest BCUT2D eigenvalue weighted by molar-refractivity contribution is -0.890. The number of hydrogen-bond donors (Lipinski definition) is 0. The van der Waals surface area contributed by atoms with Crippen molar-refractivity contribution in [1.82, 2.24) is 4.31 Å². The van der Waals surface area contributed by atoms with Gasteiger partial charge < -0.3 is 9.04 Å². The van der Waals surface area contributed by atoms with Crippen molar-refractivity contribution < 1.29 is 74.2 Å². The van der Waals surface area contributed by atoms with Crippen LogP contribution in [0.1, 0.15) is 12.8 Å². The lowest BCUT2D eigenvalue weighted by Crippen LogP contribution is -2.69. The molecule has 0 unspecified atom stereocenters. The minimum absolute atomic E-state index is 0.00902. The van der Waals surface area contributed by atoms with Gasteiger partial charge in [-0.1, -0.05) is 0 Å². The van der Waals surface area contributed by atoms with Crippen LogP contribution < -0.4 is 0 Å². The van der Waals surface area contributed by atoms with E-state index in [-0.39, 0.29) is 31.0 Å². The highest BCUT2D eigenvalue weighted by atomic mass is 32.2. The molecular formula is C14H21F11N2O5S2. The highest BCUT2D eigenvalue weighted by Crippen LogP contribution is 2.58. The van der Waals surface area contributed by atoms with E-state index in [1.165, 1.54) is 14.1 Å². The Kier molecular flexibility index (Phi) is 9.53. The van der Waals surface area contributed by atoms with E-state index in [1.54, 1.807) is 0 Å². The van der Waals surface area contributed by atoms with Crippen LogP contribution in [0, 0.1) is 0 Å². The zero-order valence-electron chi connectivity index (χ0n) is 17.7. The van der Waals surface area contributed by atoms with Crippen molar-refractivity contribution in [3.05, 3.63) is 0 Å². The Morgan fingerprint density at radius 1 is 0.735 bits per heavy atom. The maximum atomic E-state index is 13.9. The summed E-state index contributed by atoms with van der Waals surface area (Å²) in [6, 6.07) is 0. The molecule has 0 aliphatic rings. The largest absolute Gasteiger partial charge is 0.748 e. The lowest BCUT2D eigenvalue weighted by Gasteiger charge is -2.38. The van der Waals surface area contributed by atoms with Gasteiger partial charge >= 0.3 is 29.2 Å². The molecule has 0 saturated carbocycles. The van der Waals surface area contributed by atoms with Crippen LogP contribution in [0.3, 0.4) is 0 Å². The lowest BCUT2D eigenvalue weighted by atomic mass is 10.0. The predicted octanol–water partition coefficient (Wildman–Crippen LogP) is 2.71. The third kappa shape index (κ3) is 6.61. The van der Waals surface area contributed by atoms with Gasteiger partial charge in [-0.15, -0.1) is 0 Å². The van der Waals surface area contributed by atoms with E-state index in [0.29, 0.717) is 0 Å². The summed E-state index contributed by atoms with van der Waals surface area (Å²) in [4.78, 5) is 0. The number of sulfonamides is 1. The van der Waals surface area contributed by atoms with Gasteiger partial charge in [0.1, 0.15) is 0 Å². The Balaban J connectivity index is 5.61. The summed E-state index contributed by atoms with van der Waals surface area (Å²) in [5, 5.41) is -7.08. The van der Waals surface area contributed by atoms with E-state index in [1.807, 2.05) is 0 Å². The highest BCUT2D eigenvalue weighted by molar-refractivity contribution is 7.90. The predicted molar refractivity (Wildman–Crippen MR) is 93.0 cm³/mol. The number of quaternary nitrogens is 1. The van der Waals surface area contributed by atoms with Gasteiger partial charge in [-0.2, -0.15) is 52.6 Å². The third-order valence-electron chi connectivity index (χ3n) is 4.64. The molecule has 20 heteroatoms. The first-order valence-electron chi connectivity index (χ1n) is 8.88. The molecule has 0 fully saturated rings. The first-order valence-corrected chi connectivity index (χ1v) is 11.9. The van der Waals surface area contributed by atoms with Crippen LogP contribution >= 0.6 is 0 Å². The average molecular weight is 570 g/mol. The number of rotatable bonds is 13. The van der Waals surface area contributed by atoms with E-state index in [2.05, 4.69) is 0 Å². The monoisotopic (exact) mass is 570 g/mol. The smallest absolute Gasteiger partial charge is 0.460 e. The molecule has 0 aliphatic heterocycles. The second kappa shape index (κ2) is 9.81. The fraction of sp³-hybridized carbons (Fsp3) is 1.00. The maximum absolute atomic E-state index is 13.9. The molecule has 0 aliphatic carbocycles. The van der Waals surface area contributed by atoms with Gasteiger partial charge in [-0.3, -0.25) is 0 Å². The van der Waals surface area contributed by atoms with Gasteiger partial charge in [0.15, 0.2) is 0 Å². The van der Waals surface area contributed by atoms with Crippen molar-refractivity contribution >= 4 is 20.1 Å². The molecule has 34 heavy (non-hydrogen) atoms. The first kappa shape index (κ1) is 33.0. The summed E-state index contributed by atoms with van der Waals surface area (Å²) in [6.45, 7) is -1.26. The Labute approximate surface area is 187 Å². The van der Waals surface area contributed by atoms with E-state index < -0.39 is 72.4 Å². The third-order valence-corrected chi connectivity index (χ3v) is 7.33. The molecule has 0 aromatic rings. The number of nitrogens with zero attached hydrogens (tertiary/aromatic N) is 2. The first-order chi connectivity index (χ1) is 14.6. The second-order valence-corrected chi connectivity index (χ2v) is 11.5. The SMILES string of the molecule is CN(CCC[N+](C)(C)CCCS(=O)(=O)[O-])S(=O)(=O)C(F)(F)C(F)(F)C(F)(F)C(F)(F)C(F)(F)F. The second-order valence-electron chi connectivity index (χ2n) is 7.92. The summed E-state index contributed by atoms with van der Waals surface area (Å²) in [5.74, 6) is -24.0. The molecule has 206 valence electrons. The van der Waals surface area contributed by atoms with Gasteiger partial charge in [-0.25, -0.2) is 16.8 Å². The van der Waals surface area contributed by atoms with Crippen LogP contribution in [0.15, 0.2) is 0 Å². The van der Waals surface area contributed by atoms with Crippen molar-refractivity contribution in [2.24, 2.45) is 0 Å². The molecule has 0 radical (unpaired) electrons. The molecule has 0 aromatic carbocycles. The summed E-state index contributed by atoms with van der Waals surface area (Å²) in [5.41, 5.74) is 0. The Bertz CT molecular complexity index is 919. The van der Waals surface area contributed by atoms with Crippen LogP contribution in [-0.4, -0.2) is 106 Å². The molecule has 0 spiro atoms. The van der Waals surface area contributed by atoms with Crippen LogP contribution in [0.2, 0.25) is 0 Å². The molecule has 0 atom stereocenters. The van der Waals surface area contributed by atoms with E-state index >= 15 is 0 Å². The molecule has 0 bridgehead atoms. The van der Waals surface area contributed by atoms with Crippen molar-refractivity contribution in [2.45, 2.75) is 42.0 Å². The number of hydrogen-bond acceptors (Lipinski definition) is 5. The molecule has 0 heterocycles. The minimum Gasteiger partial charge on any atom is -0.748 e. The summed E-state index contributed by atoms with van der Waals surface area (Å²) in [7, 11) is -8.44. The molecule has 0 aromatic heterocycles. The molecular weight excluding hydrogens is 549 g/mol. The topological polar surface area (TPSA) is 94.6 Å². The van der Waals surface area contributed by atoms with Gasteiger partial charge in [0.25, 0.3) is 10.0 Å². The molecule has 0 N–H and O–H groups in total. The standard InChI is InChI=1S/C14H21F11N2O5S2/c1-26(6-4-7-27(2,3)8-5-9-33(28,29)30)34(31,32)14(24,25)12(19,20)10(15,16)11(17,18)13(21,22)23/h4-9H2,1-3H3. The zero-order chi connectivity index (χ0) is 27.8. The molecule has 0 amide bonds. The van der Waals surface area contributed by atoms with E-state index in [9.17, 15) is 69.7 Å². The van der Waals surface area contributed by atoms with Crippen LogP contribution in [0.25, 0.3) is 0 Å². The normalized spacial score (nSPS) is 15.8. The highest BCUT2D eigenvalue weighted by Gasteiger charge is 2.89. The number of halogens is 11. The van der Waals surface area contributed by atoms with E-state index in [0.717, 1.165) is 0 Å². The fourth-order valence-electron chi connectivity index (χ4n) is 2.54. The Morgan fingerprint density at radius 2 is 1.15 bits per heavy atom. The Hall–Kier alpha value is -0.990. The van der Waals surface area contributed by atoms with Crippen molar-refractivity contribution in [3.8, 4) is 0 Å². The summed E-state index contributed by atoms with van der Waals surface area (Å²) >= 11 is 0. The van der Waals surface area contributed by atoms with E-state index in [4.69, 9.17) is 0 Å². The molecule has 0 saturated heterocycles. The van der Waals surface area contributed by atoms with Gasteiger partial charge in [0, 0.05) is 32.2 Å². The molecule has 0 rings (SSSR count). The Morgan fingerprint density at radius 3 is 1.53 bits per heavy atom. The quantitative estimate of drug-likeness (QED) is 0.193. The van der Waals surface area contributed by atoms with Crippen molar-refractivity contribution in [2.75, 3.05) is 46.5 Å². The average Bonchev–Trinajstić information content (AvgIpc) is 2.58. The van der Waals surface area contributed by atoms with Gasteiger partial charge in [0.2, 0.25) is 0 Å². The van der Waals surface area contributed by atoms with Crippen molar-refractivity contribution in [1.29, 1.82) is 0 Å². The number of alkyl halides is 11. The van der Waals surface area contributed by atoms with Gasteiger partial charge in [0.05, 0.1) is 37.3 Å².